The molecular formula is C12H13BrF2N2O. The molecule has 2 N–H and O–H groups in total. The molecule has 1 atom stereocenters. The van der Waals surface area contributed by atoms with E-state index in [1.165, 1.54) is 6.07 Å². The van der Waals surface area contributed by atoms with Crippen LogP contribution < -0.4 is 10.6 Å². The van der Waals surface area contributed by atoms with Gasteiger partial charge in [0.15, 0.2) is 5.82 Å². The van der Waals surface area contributed by atoms with Gasteiger partial charge in [0.05, 0.1) is 4.47 Å². The molecule has 1 fully saturated rings. The summed E-state index contributed by atoms with van der Waals surface area (Å²) in [7, 11) is 0. The third-order valence-electron chi connectivity index (χ3n) is 2.90. The molecule has 18 heavy (non-hydrogen) atoms. The van der Waals surface area contributed by atoms with Crippen LogP contribution in [-0.2, 0) is 0 Å². The van der Waals surface area contributed by atoms with Gasteiger partial charge in [-0.3, -0.25) is 4.79 Å². The zero-order chi connectivity index (χ0) is 13.1. The van der Waals surface area contributed by atoms with Crippen molar-refractivity contribution in [2.75, 3.05) is 13.1 Å². The molecule has 3 nitrogen and oxygen atoms in total. The molecule has 0 unspecified atom stereocenters. The quantitative estimate of drug-likeness (QED) is 0.821. The third-order valence-corrected chi connectivity index (χ3v) is 3.52. The molecule has 2 rings (SSSR count). The van der Waals surface area contributed by atoms with Crippen LogP contribution in [0.4, 0.5) is 8.78 Å². The lowest BCUT2D eigenvalue weighted by atomic mass is 10.1. The molecule has 1 aliphatic heterocycles. The SMILES string of the molecule is O=C(N[C@H]1CCCNC1)c1c(F)ccc(Br)c1F. The molecule has 1 aromatic carbocycles. The molecule has 0 saturated carbocycles. The van der Waals surface area contributed by atoms with Gasteiger partial charge in [-0.05, 0) is 47.4 Å². The van der Waals surface area contributed by atoms with Crippen LogP contribution in [0.2, 0.25) is 0 Å². The van der Waals surface area contributed by atoms with Crippen molar-refractivity contribution in [1.82, 2.24) is 10.6 Å². The summed E-state index contributed by atoms with van der Waals surface area (Å²) in [5.74, 6) is -2.42. The zero-order valence-electron chi connectivity index (χ0n) is 9.60. The Kier molecular flexibility index (Phi) is 4.29. The number of hydrogen-bond acceptors (Lipinski definition) is 2. The van der Waals surface area contributed by atoms with Crippen LogP contribution in [0.3, 0.4) is 0 Å². The Morgan fingerprint density at radius 2 is 2.22 bits per heavy atom. The van der Waals surface area contributed by atoms with Crippen LogP contribution in [0, 0.1) is 11.6 Å². The highest BCUT2D eigenvalue weighted by Gasteiger charge is 2.23. The van der Waals surface area contributed by atoms with E-state index < -0.39 is 23.1 Å². The third kappa shape index (κ3) is 2.87. The summed E-state index contributed by atoms with van der Waals surface area (Å²) in [6.07, 6.45) is 1.75. The Hall–Kier alpha value is -1.01. The van der Waals surface area contributed by atoms with Gasteiger partial charge in [0.1, 0.15) is 11.4 Å². The van der Waals surface area contributed by atoms with Crippen LogP contribution in [-0.4, -0.2) is 25.0 Å². The van der Waals surface area contributed by atoms with E-state index >= 15 is 0 Å². The van der Waals surface area contributed by atoms with Crippen LogP contribution in [0.25, 0.3) is 0 Å². The predicted octanol–water partition coefficient (Wildman–Crippen LogP) is 2.21. The van der Waals surface area contributed by atoms with Crippen LogP contribution in [0.5, 0.6) is 0 Å². The number of hydrogen-bond donors (Lipinski definition) is 2. The lowest BCUT2D eigenvalue weighted by Crippen LogP contribution is -2.46. The van der Waals surface area contributed by atoms with Gasteiger partial charge in [0, 0.05) is 12.6 Å². The van der Waals surface area contributed by atoms with E-state index in [0.29, 0.717) is 6.54 Å². The number of halogens is 3. The van der Waals surface area contributed by atoms with Crippen LogP contribution in [0.15, 0.2) is 16.6 Å². The maximum atomic E-state index is 13.7. The molecule has 6 heteroatoms. The van der Waals surface area contributed by atoms with Crippen LogP contribution >= 0.6 is 15.9 Å². The summed E-state index contributed by atoms with van der Waals surface area (Å²) in [6, 6.07) is 2.23. The number of carbonyl (C=O) groups is 1. The van der Waals surface area contributed by atoms with Crippen molar-refractivity contribution in [2.45, 2.75) is 18.9 Å². The van der Waals surface area contributed by atoms with Gasteiger partial charge in [-0.2, -0.15) is 0 Å². The molecule has 1 amide bonds. The van der Waals surface area contributed by atoms with Crippen molar-refractivity contribution >= 4 is 21.8 Å². The number of amides is 1. The second-order valence-corrected chi connectivity index (χ2v) is 5.09. The zero-order valence-corrected chi connectivity index (χ0v) is 11.2. The van der Waals surface area contributed by atoms with Gasteiger partial charge >= 0.3 is 0 Å². The van der Waals surface area contributed by atoms with Crippen molar-refractivity contribution in [3.8, 4) is 0 Å². The summed E-state index contributed by atoms with van der Waals surface area (Å²) in [5, 5.41) is 5.76. The number of rotatable bonds is 2. The maximum absolute atomic E-state index is 13.7. The molecule has 0 bridgehead atoms. The first-order valence-electron chi connectivity index (χ1n) is 5.74. The summed E-state index contributed by atoms with van der Waals surface area (Å²) < 4.78 is 27.3. The standard InChI is InChI=1S/C12H13BrF2N2O/c13-8-3-4-9(14)10(11(8)15)12(18)17-7-2-1-5-16-6-7/h3-4,7,16H,1-2,5-6H2,(H,17,18)/t7-/m0/s1. The predicted molar refractivity (Wildman–Crippen MR) is 67.4 cm³/mol. The summed E-state index contributed by atoms with van der Waals surface area (Å²) in [5.41, 5.74) is -0.532. The molecule has 0 aromatic heterocycles. The Labute approximate surface area is 112 Å². The first-order chi connectivity index (χ1) is 8.59. The fraction of sp³-hybridized carbons (Fsp3) is 0.417. The second kappa shape index (κ2) is 5.75. The van der Waals surface area contributed by atoms with Gasteiger partial charge in [-0.15, -0.1) is 0 Å². The minimum atomic E-state index is -0.865. The van der Waals surface area contributed by atoms with Gasteiger partial charge in [0.2, 0.25) is 0 Å². The van der Waals surface area contributed by atoms with E-state index in [0.717, 1.165) is 25.5 Å². The van der Waals surface area contributed by atoms with E-state index in [2.05, 4.69) is 26.6 Å². The fourth-order valence-corrected chi connectivity index (χ4v) is 2.30. The number of nitrogens with one attached hydrogen (secondary N) is 2. The molecule has 1 heterocycles. The average molecular weight is 319 g/mol. The normalized spacial score (nSPS) is 19.6. The van der Waals surface area contributed by atoms with E-state index in [1.54, 1.807) is 0 Å². The van der Waals surface area contributed by atoms with Gasteiger partial charge in [0.25, 0.3) is 5.91 Å². The fourth-order valence-electron chi connectivity index (χ4n) is 1.97. The van der Waals surface area contributed by atoms with Crippen molar-refractivity contribution in [3.63, 3.8) is 0 Å². The van der Waals surface area contributed by atoms with Crippen LogP contribution in [0.1, 0.15) is 23.2 Å². The van der Waals surface area contributed by atoms with Crippen molar-refractivity contribution in [1.29, 1.82) is 0 Å². The molecule has 0 radical (unpaired) electrons. The first kappa shape index (κ1) is 13.4. The summed E-state index contributed by atoms with van der Waals surface area (Å²) in [6.45, 7) is 1.54. The monoisotopic (exact) mass is 318 g/mol. The minimum absolute atomic E-state index is 0.0795. The number of benzene rings is 1. The average Bonchev–Trinajstić information content (AvgIpc) is 2.36. The molecule has 1 saturated heterocycles. The lowest BCUT2D eigenvalue weighted by molar-refractivity contribution is 0.0922. The lowest BCUT2D eigenvalue weighted by Gasteiger charge is -2.24. The summed E-state index contributed by atoms with van der Waals surface area (Å²) in [4.78, 5) is 11.9. The smallest absolute Gasteiger partial charge is 0.257 e. The van der Waals surface area contributed by atoms with Crippen molar-refractivity contribution < 1.29 is 13.6 Å². The molecule has 1 aromatic rings. The topological polar surface area (TPSA) is 41.1 Å². The Bertz CT molecular complexity index is 462. The van der Waals surface area contributed by atoms with Gasteiger partial charge in [-0.25, -0.2) is 8.78 Å². The largest absolute Gasteiger partial charge is 0.348 e. The van der Waals surface area contributed by atoms with E-state index in [-0.39, 0.29) is 10.5 Å². The highest BCUT2D eigenvalue weighted by Crippen LogP contribution is 2.21. The second-order valence-electron chi connectivity index (χ2n) is 4.23. The van der Waals surface area contributed by atoms with Gasteiger partial charge in [-0.1, -0.05) is 0 Å². The Balaban J connectivity index is 2.15. The molecule has 0 spiro atoms. The maximum Gasteiger partial charge on any atom is 0.257 e. The van der Waals surface area contributed by atoms with E-state index in [9.17, 15) is 13.6 Å². The highest BCUT2D eigenvalue weighted by molar-refractivity contribution is 9.10. The Morgan fingerprint density at radius 3 is 2.89 bits per heavy atom. The molecule has 98 valence electrons. The minimum Gasteiger partial charge on any atom is -0.348 e. The summed E-state index contributed by atoms with van der Waals surface area (Å²) >= 11 is 2.94. The Morgan fingerprint density at radius 1 is 1.44 bits per heavy atom. The van der Waals surface area contributed by atoms with Crippen molar-refractivity contribution in [3.05, 3.63) is 33.8 Å². The highest BCUT2D eigenvalue weighted by atomic mass is 79.9. The number of carbonyl (C=O) groups excluding carboxylic acids is 1. The number of piperidine rings is 1. The van der Waals surface area contributed by atoms with Crippen molar-refractivity contribution in [2.24, 2.45) is 0 Å². The van der Waals surface area contributed by atoms with E-state index in [1.807, 2.05) is 0 Å². The van der Waals surface area contributed by atoms with E-state index in [4.69, 9.17) is 0 Å². The molecular weight excluding hydrogens is 306 g/mol. The molecule has 1 aliphatic rings. The van der Waals surface area contributed by atoms with Gasteiger partial charge < -0.3 is 10.6 Å². The molecule has 0 aliphatic carbocycles. The first-order valence-corrected chi connectivity index (χ1v) is 6.54.